The van der Waals surface area contributed by atoms with Crippen LogP contribution in [0.5, 0.6) is 0 Å². The molecule has 1 aromatic carbocycles. The Bertz CT molecular complexity index is 780. The minimum Gasteiger partial charge on any atom is -0.480 e. The number of aliphatic carboxylic acids is 1. The minimum absolute atomic E-state index is 0.152. The second-order valence-electron chi connectivity index (χ2n) is 6.08. The fraction of sp³-hybridized carbons (Fsp3) is 0.389. The molecule has 2 aromatic rings. The van der Waals surface area contributed by atoms with E-state index in [1.807, 2.05) is 35.9 Å². The first-order chi connectivity index (χ1) is 12.1. The van der Waals surface area contributed by atoms with Gasteiger partial charge in [0.2, 0.25) is 0 Å². The molecule has 0 spiro atoms. The SMILES string of the molecule is Cc1ccc(-n2nc(C(=O)NCCOCC(=O)O)c3c2CCC3)cc1. The number of aromatic nitrogens is 2. The summed E-state index contributed by atoms with van der Waals surface area (Å²) in [5.41, 5.74) is 4.67. The summed E-state index contributed by atoms with van der Waals surface area (Å²) in [5, 5.41) is 15.8. The Morgan fingerprint density at radius 3 is 2.76 bits per heavy atom. The molecule has 1 aliphatic carbocycles. The number of carbonyl (C=O) groups is 2. The maximum Gasteiger partial charge on any atom is 0.329 e. The van der Waals surface area contributed by atoms with Crippen molar-refractivity contribution in [3.63, 3.8) is 0 Å². The van der Waals surface area contributed by atoms with Crippen molar-refractivity contribution in [3.8, 4) is 5.69 Å². The largest absolute Gasteiger partial charge is 0.480 e. The number of amides is 1. The fourth-order valence-electron chi connectivity index (χ4n) is 3.00. The Kier molecular flexibility index (Phi) is 5.14. The van der Waals surface area contributed by atoms with Crippen molar-refractivity contribution in [2.24, 2.45) is 0 Å². The second-order valence-corrected chi connectivity index (χ2v) is 6.08. The molecule has 0 bridgehead atoms. The Labute approximate surface area is 145 Å². The number of carboxylic acid groups (broad SMARTS) is 1. The van der Waals surface area contributed by atoms with Gasteiger partial charge in [-0.2, -0.15) is 5.10 Å². The van der Waals surface area contributed by atoms with E-state index in [9.17, 15) is 9.59 Å². The molecule has 7 heteroatoms. The van der Waals surface area contributed by atoms with Crippen LogP contribution in [0.2, 0.25) is 0 Å². The highest BCUT2D eigenvalue weighted by Gasteiger charge is 2.26. The molecule has 132 valence electrons. The number of rotatable bonds is 7. The molecule has 0 saturated heterocycles. The number of carbonyl (C=O) groups excluding carboxylic acids is 1. The highest BCUT2D eigenvalue weighted by molar-refractivity contribution is 5.94. The summed E-state index contributed by atoms with van der Waals surface area (Å²) in [4.78, 5) is 22.8. The van der Waals surface area contributed by atoms with Crippen molar-refractivity contribution >= 4 is 11.9 Å². The molecular formula is C18H21N3O4. The zero-order valence-corrected chi connectivity index (χ0v) is 14.1. The van der Waals surface area contributed by atoms with Gasteiger partial charge in [-0.1, -0.05) is 17.7 Å². The second kappa shape index (κ2) is 7.48. The molecule has 7 nitrogen and oxygen atoms in total. The van der Waals surface area contributed by atoms with Crippen LogP contribution in [0.15, 0.2) is 24.3 Å². The molecule has 0 aliphatic heterocycles. The predicted molar refractivity (Wildman–Crippen MR) is 91.1 cm³/mol. The van der Waals surface area contributed by atoms with E-state index in [1.165, 1.54) is 5.56 Å². The first-order valence-electron chi connectivity index (χ1n) is 8.32. The third kappa shape index (κ3) is 3.88. The smallest absolute Gasteiger partial charge is 0.329 e. The molecule has 3 rings (SSSR count). The van der Waals surface area contributed by atoms with Crippen LogP contribution in [0.3, 0.4) is 0 Å². The normalized spacial score (nSPS) is 12.8. The van der Waals surface area contributed by atoms with E-state index in [1.54, 1.807) is 0 Å². The van der Waals surface area contributed by atoms with Gasteiger partial charge in [-0.3, -0.25) is 4.79 Å². The highest BCUT2D eigenvalue weighted by atomic mass is 16.5. The zero-order chi connectivity index (χ0) is 17.8. The molecule has 0 fully saturated rings. The maximum atomic E-state index is 12.4. The van der Waals surface area contributed by atoms with Crippen LogP contribution in [0.25, 0.3) is 5.69 Å². The van der Waals surface area contributed by atoms with Gasteiger partial charge in [-0.25, -0.2) is 9.48 Å². The third-order valence-electron chi connectivity index (χ3n) is 4.18. The molecule has 1 heterocycles. The quantitative estimate of drug-likeness (QED) is 0.743. The van der Waals surface area contributed by atoms with Crippen LogP contribution >= 0.6 is 0 Å². The molecule has 0 unspecified atom stereocenters. The zero-order valence-electron chi connectivity index (χ0n) is 14.1. The van der Waals surface area contributed by atoms with Gasteiger partial charge in [0.05, 0.1) is 12.3 Å². The minimum atomic E-state index is -1.03. The number of nitrogens with zero attached hydrogens (tertiary/aromatic N) is 2. The van der Waals surface area contributed by atoms with Gasteiger partial charge in [-0.15, -0.1) is 0 Å². The molecule has 0 radical (unpaired) electrons. The van der Waals surface area contributed by atoms with Crippen molar-refractivity contribution in [2.75, 3.05) is 19.8 Å². The van der Waals surface area contributed by atoms with Crippen molar-refractivity contribution in [3.05, 3.63) is 46.8 Å². The summed E-state index contributed by atoms with van der Waals surface area (Å²) in [5.74, 6) is -1.27. The van der Waals surface area contributed by atoms with Gasteiger partial charge in [0.1, 0.15) is 6.61 Å². The first kappa shape index (κ1) is 17.2. The van der Waals surface area contributed by atoms with Crippen molar-refractivity contribution in [1.29, 1.82) is 0 Å². The van der Waals surface area contributed by atoms with Crippen LogP contribution in [0.1, 0.15) is 33.7 Å². The molecule has 0 saturated carbocycles. The maximum absolute atomic E-state index is 12.4. The van der Waals surface area contributed by atoms with E-state index in [4.69, 9.17) is 9.84 Å². The van der Waals surface area contributed by atoms with Gasteiger partial charge in [0.25, 0.3) is 5.91 Å². The van der Waals surface area contributed by atoms with Gasteiger partial charge in [-0.05, 0) is 38.3 Å². The van der Waals surface area contributed by atoms with Crippen LogP contribution in [0.4, 0.5) is 0 Å². The lowest BCUT2D eigenvalue weighted by atomic mass is 10.2. The summed E-state index contributed by atoms with van der Waals surface area (Å²) < 4.78 is 6.78. The monoisotopic (exact) mass is 343 g/mol. The summed E-state index contributed by atoms with van der Waals surface area (Å²) in [6.45, 7) is 2.06. The number of fused-ring (bicyclic) bond motifs is 1. The summed E-state index contributed by atoms with van der Waals surface area (Å²) in [6.07, 6.45) is 2.77. The number of hydrogen-bond donors (Lipinski definition) is 2. The Balaban J connectivity index is 1.72. The van der Waals surface area contributed by atoms with E-state index in [0.29, 0.717) is 5.69 Å². The molecule has 1 aromatic heterocycles. The summed E-state index contributed by atoms with van der Waals surface area (Å²) in [7, 11) is 0. The van der Waals surface area contributed by atoms with Crippen LogP contribution in [-0.2, 0) is 22.4 Å². The Hall–Kier alpha value is -2.67. The highest BCUT2D eigenvalue weighted by Crippen LogP contribution is 2.27. The van der Waals surface area contributed by atoms with Gasteiger partial charge >= 0.3 is 5.97 Å². The van der Waals surface area contributed by atoms with Crippen molar-refractivity contribution in [1.82, 2.24) is 15.1 Å². The lowest BCUT2D eigenvalue weighted by Gasteiger charge is -2.06. The van der Waals surface area contributed by atoms with Crippen LogP contribution in [0, 0.1) is 6.92 Å². The van der Waals surface area contributed by atoms with Gasteiger partial charge in [0, 0.05) is 17.8 Å². The van der Waals surface area contributed by atoms with E-state index in [-0.39, 0.29) is 25.7 Å². The van der Waals surface area contributed by atoms with Crippen LogP contribution in [-0.4, -0.2) is 46.5 Å². The standard InChI is InChI=1S/C18H21N3O4/c1-12-5-7-13(8-6-12)21-15-4-2-3-14(15)17(20-21)18(24)19-9-10-25-11-16(22)23/h5-8H,2-4,9-11H2,1H3,(H,19,24)(H,22,23). The van der Waals surface area contributed by atoms with E-state index >= 15 is 0 Å². The molecule has 1 amide bonds. The van der Waals surface area contributed by atoms with Gasteiger partial charge < -0.3 is 15.2 Å². The number of carboxylic acids is 1. The number of aryl methyl sites for hydroxylation is 1. The number of nitrogens with one attached hydrogen (secondary N) is 1. The summed E-state index contributed by atoms with van der Waals surface area (Å²) >= 11 is 0. The lowest BCUT2D eigenvalue weighted by molar-refractivity contribution is -0.142. The average Bonchev–Trinajstić information content (AvgIpc) is 3.17. The third-order valence-corrected chi connectivity index (χ3v) is 4.18. The Morgan fingerprint density at radius 2 is 2.04 bits per heavy atom. The Morgan fingerprint density at radius 1 is 1.28 bits per heavy atom. The molecule has 0 atom stereocenters. The molecule has 1 aliphatic rings. The number of benzene rings is 1. The first-order valence-corrected chi connectivity index (χ1v) is 8.32. The van der Waals surface area contributed by atoms with Crippen molar-refractivity contribution in [2.45, 2.75) is 26.2 Å². The number of hydrogen-bond acceptors (Lipinski definition) is 4. The fourth-order valence-corrected chi connectivity index (χ4v) is 3.00. The van der Waals surface area contributed by atoms with E-state index < -0.39 is 5.97 Å². The topological polar surface area (TPSA) is 93.5 Å². The molecule has 25 heavy (non-hydrogen) atoms. The van der Waals surface area contributed by atoms with E-state index in [0.717, 1.165) is 36.2 Å². The van der Waals surface area contributed by atoms with Gasteiger partial charge in [0.15, 0.2) is 5.69 Å². The average molecular weight is 343 g/mol. The lowest BCUT2D eigenvalue weighted by Crippen LogP contribution is -2.29. The molecular weight excluding hydrogens is 322 g/mol. The van der Waals surface area contributed by atoms with Crippen molar-refractivity contribution < 1.29 is 19.4 Å². The van der Waals surface area contributed by atoms with E-state index in [2.05, 4.69) is 10.4 Å². The molecule has 2 N–H and O–H groups in total. The number of ether oxygens (including phenoxy) is 1. The predicted octanol–water partition coefficient (Wildman–Crippen LogP) is 1.50. The van der Waals surface area contributed by atoms with Crippen LogP contribution < -0.4 is 5.32 Å². The summed E-state index contributed by atoms with van der Waals surface area (Å²) in [6, 6.07) is 8.06.